The summed E-state index contributed by atoms with van der Waals surface area (Å²) < 4.78 is 0. The van der Waals surface area contributed by atoms with Gasteiger partial charge in [0.2, 0.25) is 0 Å². The highest BCUT2D eigenvalue weighted by Crippen LogP contribution is 2.12. The molecular formula is C26H84. The van der Waals surface area contributed by atoms with Crippen LogP contribution in [0.4, 0.5) is 0 Å². The summed E-state index contributed by atoms with van der Waals surface area (Å²) in [6, 6.07) is 0. The van der Waals surface area contributed by atoms with E-state index in [2.05, 4.69) is 27.7 Å². The van der Waals surface area contributed by atoms with Gasteiger partial charge in [0, 0.05) is 0 Å². The maximum Gasteiger partial charge on any atom is -0.0471 e. The lowest BCUT2D eigenvalue weighted by Gasteiger charge is -2.05. The highest BCUT2D eigenvalue weighted by atomic mass is 14.0. The van der Waals surface area contributed by atoms with E-state index in [-0.39, 0.29) is 111 Å². The lowest BCUT2D eigenvalue weighted by Crippen LogP contribution is -1.89. The molecule has 0 unspecified atom stereocenters. The van der Waals surface area contributed by atoms with Crippen LogP contribution in [-0.4, -0.2) is 0 Å². The Balaban J connectivity index is -0.00000000476. The minimum Gasteiger partial charge on any atom is -0.0776 e. The normalized spacial score (nSPS) is 4.85. The largest absolute Gasteiger partial charge is 0.0776 e. The zero-order chi connectivity index (χ0) is 8.69. The van der Waals surface area contributed by atoms with E-state index in [1.807, 2.05) is 0 Å². The van der Waals surface area contributed by atoms with Gasteiger partial charge in [0.05, 0.1) is 0 Å². The molecule has 0 aromatic carbocycles. The summed E-state index contributed by atoms with van der Waals surface area (Å²) >= 11 is 0. The van der Waals surface area contributed by atoms with Crippen molar-refractivity contribution in [2.24, 2.45) is 11.8 Å². The third kappa shape index (κ3) is 198. The van der Waals surface area contributed by atoms with Gasteiger partial charge in [0.25, 0.3) is 0 Å². The first-order valence-electron chi connectivity index (χ1n) is 5.13. The SMILES string of the molecule is C.C.C.C.C.C.C.C.C.C.C.C.C.C.C.CC(C)CCCCCC(C)C. The number of hydrogen-bond acceptors (Lipinski definition) is 0. The van der Waals surface area contributed by atoms with Crippen molar-refractivity contribution in [1.29, 1.82) is 0 Å². The van der Waals surface area contributed by atoms with Crippen molar-refractivity contribution in [3.05, 3.63) is 0 Å². The van der Waals surface area contributed by atoms with Crippen LogP contribution in [0.5, 0.6) is 0 Å². The zero-order valence-corrected chi connectivity index (χ0v) is 8.69. The summed E-state index contributed by atoms with van der Waals surface area (Å²) in [4.78, 5) is 0. The summed E-state index contributed by atoms with van der Waals surface area (Å²) in [6.07, 6.45) is 7.14. The maximum atomic E-state index is 2.31. The Bertz CT molecular complexity index is 62.1. The lowest BCUT2D eigenvalue weighted by atomic mass is 10.0. The molecular weight excluding hydrogens is 312 g/mol. The first kappa shape index (κ1) is 162. The van der Waals surface area contributed by atoms with Gasteiger partial charge in [-0.3, -0.25) is 0 Å². The molecule has 0 fully saturated rings. The van der Waals surface area contributed by atoms with Crippen LogP contribution in [0.1, 0.15) is 171 Å². The summed E-state index contributed by atoms with van der Waals surface area (Å²) in [7, 11) is 0. The zero-order valence-electron chi connectivity index (χ0n) is 8.69. The molecule has 0 aliphatic heterocycles. The minimum absolute atomic E-state index is 0. The molecule has 188 valence electrons. The first-order chi connectivity index (χ1) is 5.13. The fourth-order valence-electron chi connectivity index (χ4n) is 1.28. The quantitative estimate of drug-likeness (QED) is 0.391. The third-order valence-corrected chi connectivity index (χ3v) is 2.06. The molecule has 0 spiro atoms. The van der Waals surface area contributed by atoms with Gasteiger partial charge in [0.1, 0.15) is 0 Å². The van der Waals surface area contributed by atoms with Crippen LogP contribution in [0.25, 0.3) is 0 Å². The molecule has 26 heavy (non-hydrogen) atoms. The molecule has 0 aliphatic rings. The van der Waals surface area contributed by atoms with E-state index in [1.54, 1.807) is 0 Å². The molecule has 0 amide bonds. The van der Waals surface area contributed by atoms with Crippen molar-refractivity contribution < 1.29 is 0 Å². The Kier molecular flexibility index (Phi) is 744. The molecule has 0 bridgehead atoms. The summed E-state index contributed by atoms with van der Waals surface area (Å²) in [6.45, 7) is 9.23. The van der Waals surface area contributed by atoms with Crippen LogP contribution in [0.2, 0.25) is 0 Å². The van der Waals surface area contributed by atoms with Crippen LogP contribution >= 0.6 is 0 Å². The highest BCUT2D eigenvalue weighted by molar-refractivity contribution is 4.49. The van der Waals surface area contributed by atoms with Gasteiger partial charge in [-0.05, 0) is 11.8 Å². The second-order valence-corrected chi connectivity index (χ2v) is 4.43. The van der Waals surface area contributed by atoms with Gasteiger partial charge >= 0.3 is 0 Å². The standard InChI is InChI=1S/C11H24.15CH4/c1-10(2)8-6-5-7-9-11(3)4;;;;;;;;;;;;;;;/h10-11H,5-9H2,1-4H3;15*1H4. The number of unbranched alkanes of at least 4 members (excludes halogenated alkanes) is 2. The van der Waals surface area contributed by atoms with Crippen LogP contribution in [0.15, 0.2) is 0 Å². The molecule has 0 radical (unpaired) electrons. The molecule has 0 nitrogen and oxygen atoms in total. The molecule has 0 atom stereocenters. The van der Waals surface area contributed by atoms with Crippen molar-refractivity contribution >= 4 is 0 Å². The van der Waals surface area contributed by atoms with Gasteiger partial charge in [-0.25, -0.2) is 0 Å². The average Bonchev–Trinajstić information content (AvgIpc) is 1.85. The third-order valence-electron chi connectivity index (χ3n) is 2.06. The Morgan fingerprint density at radius 2 is 0.462 bits per heavy atom. The van der Waals surface area contributed by atoms with Gasteiger partial charge in [-0.15, -0.1) is 0 Å². The molecule has 0 saturated heterocycles. The summed E-state index contributed by atoms with van der Waals surface area (Å²) in [5.74, 6) is 1.79. The fraction of sp³-hybridized carbons (Fsp3) is 1.00. The van der Waals surface area contributed by atoms with Gasteiger partial charge in [0.15, 0.2) is 0 Å². The smallest absolute Gasteiger partial charge is 0.0471 e. The predicted molar refractivity (Wildman–Crippen MR) is 154 cm³/mol. The summed E-state index contributed by atoms with van der Waals surface area (Å²) in [5, 5.41) is 0. The molecule has 0 rings (SSSR count). The molecule has 0 aromatic heterocycles. The van der Waals surface area contributed by atoms with Crippen molar-refractivity contribution in [1.82, 2.24) is 0 Å². The van der Waals surface area contributed by atoms with E-state index in [9.17, 15) is 0 Å². The van der Waals surface area contributed by atoms with Crippen LogP contribution < -0.4 is 0 Å². The lowest BCUT2D eigenvalue weighted by molar-refractivity contribution is 0.486. The van der Waals surface area contributed by atoms with E-state index in [4.69, 9.17) is 0 Å². The Morgan fingerprint density at radius 3 is 0.577 bits per heavy atom. The van der Waals surface area contributed by atoms with Crippen LogP contribution in [0.3, 0.4) is 0 Å². The molecule has 0 heterocycles. The Labute approximate surface area is 183 Å². The number of hydrogen-bond donors (Lipinski definition) is 0. The Morgan fingerprint density at radius 1 is 0.308 bits per heavy atom. The minimum atomic E-state index is 0. The van der Waals surface area contributed by atoms with E-state index in [0.717, 1.165) is 11.8 Å². The highest BCUT2D eigenvalue weighted by Gasteiger charge is 1.95. The van der Waals surface area contributed by atoms with Crippen LogP contribution in [-0.2, 0) is 0 Å². The van der Waals surface area contributed by atoms with Crippen molar-refractivity contribution in [2.75, 3.05) is 0 Å². The monoisotopic (exact) mass is 397 g/mol. The van der Waals surface area contributed by atoms with Crippen molar-refractivity contribution in [2.45, 2.75) is 171 Å². The van der Waals surface area contributed by atoms with Crippen molar-refractivity contribution in [3.8, 4) is 0 Å². The van der Waals surface area contributed by atoms with Gasteiger partial charge < -0.3 is 0 Å². The molecule has 0 aromatic rings. The topological polar surface area (TPSA) is 0 Å². The molecule has 0 N–H and O–H groups in total. The molecule has 0 heteroatoms. The van der Waals surface area contributed by atoms with Crippen LogP contribution in [0, 0.1) is 11.8 Å². The van der Waals surface area contributed by atoms with E-state index < -0.39 is 0 Å². The maximum absolute atomic E-state index is 2.31. The second kappa shape index (κ2) is 119. The fourth-order valence-corrected chi connectivity index (χ4v) is 1.28. The van der Waals surface area contributed by atoms with E-state index in [1.165, 1.54) is 32.1 Å². The predicted octanol–water partition coefficient (Wildman–Crippen LogP) is 13.8. The summed E-state index contributed by atoms with van der Waals surface area (Å²) in [5.41, 5.74) is 0. The second-order valence-electron chi connectivity index (χ2n) is 4.43. The molecule has 0 saturated carbocycles. The van der Waals surface area contributed by atoms with E-state index >= 15 is 0 Å². The van der Waals surface area contributed by atoms with Gasteiger partial charge in [-0.2, -0.15) is 0 Å². The average molecular weight is 397 g/mol. The van der Waals surface area contributed by atoms with Crippen molar-refractivity contribution in [3.63, 3.8) is 0 Å². The first-order valence-corrected chi connectivity index (χ1v) is 5.13. The molecule has 0 aliphatic carbocycles. The van der Waals surface area contributed by atoms with E-state index in [0.29, 0.717) is 0 Å². The van der Waals surface area contributed by atoms with Gasteiger partial charge in [-0.1, -0.05) is 171 Å². The number of rotatable bonds is 6. The Hall–Kier alpha value is 0.